The molecule has 0 aromatic carbocycles. The molecule has 3 nitrogen and oxygen atoms in total. The number of aliphatic hydroxyl groups is 1. The molecule has 0 aromatic rings. The fourth-order valence-electron chi connectivity index (χ4n) is 1.35. The molecule has 0 spiro atoms. The smallest absolute Gasteiger partial charge is 0.0698 e. The summed E-state index contributed by atoms with van der Waals surface area (Å²) in [4.78, 5) is 0. The zero-order valence-electron chi connectivity index (χ0n) is 9.59. The molecule has 0 bridgehead atoms. The van der Waals surface area contributed by atoms with Crippen molar-refractivity contribution in [2.75, 3.05) is 26.4 Å². The highest BCUT2D eigenvalue weighted by Crippen LogP contribution is 2.02. The minimum absolute atomic E-state index is 0.117. The van der Waals surface area contributed by atoms with E-state index in [-0.39, 0.29) is 6.61 Å². The summed E-state index contributed by atoms with van der Waals surface area (Å²) in [7, 11) is 0. The Morgan fingerprint density at radius 3 is 2.71 bits per heavy atom. The van der Waals surface area contributed by atoms with Crippen LogP contribution in [0.2, 0.25) is 0 Å². The molecule has 0 aliphatic carbocycles. The van der Waals surface area contributed by atoms with Gasteiger partial charge in [-0.1, -0.05) is 26.2 Å². The van der Waals surface area contributed by atoms with Crippen LogP contribution in [0.4, 0.5) is 0 Å². The van der Waals surface area contributed by atoms with Crippen molar-refractivity contribution in [3.63, 3.8) is 0 Å². The third kappa shape index (κ3) is 9.96. The first-order chi connectivity index (χ1) is 6.81. The quantitative estimate of drug-likeness (QED) is 0.529. The van der Waals surface area contributed by atoms with Gasteiger partial charge < -0.3 is 15.2 Å². The number of aliphatic hydroxyl groups excluding tert-OH is 1. The first kappa shape index (κ1) is 13.9. The second kappa shape index (κ2) is 11.0. The molecule has 0 saturated carbocycles. The van der Waals surface area contributed by atoms with Gasteiger partial charge in [0.25, 0.3) is 0 Å². The van der Waals surface area contributed by atoms with Crippen molar-refractivity contribution >= 4 is 0 Å². The van der Waals surface area contributed by atoms with E-state index in [0.29, 0.717) is 19.3 Å². The van der Waals surface area contributed by atoms with Gasteiger partial charge in [0.15, 0.2) is 0 Å². The van der Waals surface area contributed by atoms with Gasteiger partial charge in [0.2, 0.25) is 0 Å². The van der Waals surface area contributed by atoms with E-state index in [1.165, 1.54) is 25.7 Å². The Morgan fingerprint density at radius 2 is 2.07 bits per heavy atom. The van der Waals surface area contributed by atoms with Gasteiger partial charge in [-0.25, -0.2) is 0 Å². The molecule has 0 fully saturated rings. The van der Waals surface area contributed by atoms with Crippen molar-refractivity contribution in [1.82, 2.24) is 5.32 Å². The Bertz CT molecular complexity index is 109. The van der Waals surface area contributed by atoms with Crippen LogP contribution in [0.5, 0.6) is 0 Å². The molecule has 2 N–H and O–H groups in total. The molecule has 3 heteroatoms. The Balaban J connectivity index is 3.06. The monoisotopic (exact) mass is 203 g/mol. The predicted molar refractivity (Wildman–Crippen MR) is 59.5 cm³/mol. The normalized spacial score (nSPS) is 13.1. The molecular weight excluding hydrogens is 178 g/mol. The lowest BCUT2D eigenvalue weighted by Crippen LogP contribution is -2.29. The summed E-state index contributed by atoms with van der Waals surface area (Å²) in [5.74, 6) is 0. The molecule has 14 heavy (non-hydrogen) atoms. The summed E-state index contributed by atoms with van der Waals surface area (Å²) >= 11 is 0. The number of ether oxygens (including phenoxy) is 1. The van der Waals surface area contributed by atoms with Crippen LogP contribution in [-0.2, 0) is 4.74 Å². The van der Waals surface area contributed by atoms with Gasteiger partial charge in [0.1, 0.15) is 0 Å². The molecule has 86 valence electrons. The van der Waals surface area contributed by atoms with Crippen LogP contribution in [0, 0.1) is 0 Å². The third-order valence-electron chi connectivity index (χ3n) is 2.22. The average Bonchev–Trinajstić information content (AvgIpc) is 2.18. The number of nitrogens with one attached hydrogen (secondary N) is 1. The SMILES string of the molecule is CCCCC[C@H](C)NCCOCCO. The van der Waals surface area contributed by atoms with Crippen LogP contribution < -0.4 is 5.32 Å². The van der Waals surface area contributed by atoms with Crippen LogP contribution in [0.15, 0.2) is 0 Å². The van der Waals surface area contributed by atoms with Gasteiger partial charge >= 0.3 is 0 Å². The van der Waals surface area contributed by atoms with Gasteiger partial charge in [-0.05, 0) is 13.3 Å². The summed E-state index contributed by atoms with van der Waals surface area (Å²) < 4.78 is 5.15. The van der Waals surface area contributed by atoms with E-state index in [2.05, 4.69) is 19.2 Å². The summed E-state index contributed by atoms with van der Waals surface area (Å²) in [6, 6.07) is 0.583. The van der Waals surface area contributed by atoms with Crippen LogP contribution >= 0.6 is 0 Å². The lowest BCUT2D eigenvalue weighted by molar-refractivity contribution is 0.0926. The topological polar surface area (TPSA) is 41.5 Å². The van der Waals surface area contributed by atoms with Crippen molar-refractivity contribution in [3.05, 3.63) is 0 Å². The lowest BCUT2D eigenvalue weighted by atomic mass is 10.1. The highest BCUT2D eigenvalue weighted by molar-refractivity contribution is 4.59. The largest absolute Gasteiger partial charge is 0.394 e. The second-order valence-corrected chi connectivity index (χ2v) is 3.69. The van der Waals surface area contributed by atoms with Crippen molar-refractivity contribution in [2.24, 2.45) is 0 Å². The lowest BCUT2D eigenvalue weighted by Gasteiger charge is -2.13. The first-order valence-electron chi connectivity index (χ1n) is 5.73. The second-order valence-electron chi connectivity index (χ2n) is 3.69. The first-order valence-corrected chi connectivity index (χ1v) is 5.73. The fraction of sp³-hybridized carbons (Fsp3) is 1.00. The van der Waals surface area contributed by atoms with Crippen molar-refractivity contribution in [2.45, 2.75) is 45.6 Å². The highest BCUT2D eigenvalue weighted by Gasteiger charge is 1.99. The number of hydrogen-bond donors (Lipinski definition) is 2. The van der Waals surface area contributed by atoms with Crippen molar-refractivity contribution < 1.29 is 9.84 Å². The van der Waals surface area contributed by atoms with Crippen molar-refractivity contribution in [3.8, 4) is 0 Å². The molecule has 0 aliphatic heterocycles. The van der Waals surface area contributed by atoms with Gasteiger partial charge in [-0.15, -0.1) is 0 Å². The van der Waals surface area contributed by atoms with E-state index >= 15 is 0 Å². The fourth-order valence-corrected chi connectivity index (χ4v) is 1.35. The highest BCUT2D eigenvalue weighted by atomic mass is 16.5. The molecule has 0 heterocycles. The molecule has 0 aromatic heterocycles. The van der Waals surface area contributed by atoms with E-state index in [0.717, 1.165) is 6.54 Å². The maximum Gasteiger partial charge on any atom is 0.0698 e. The maximum absolute atomic E-state index is 8.47. The summed E-state index contributed by atoms with van der Waals surface area (Å²) in [6.07, 6.45) is 5.16. The molecule has 1 atom stereocenters. The van der Waals surface area contributed by atoms with Gasteiger partial charge in [0, 0.05) is 12.6 Å². The summed E-state index contributed by atoms with van der Waals surface area (Å²) in [5, 5.41) is 11.9. The number of unbranched alkanes of at least 4 members (excludes halogenated alkanes) is 2. The van der Waals surface area contributed by atoms with E-state index in [1.54, 1.807) is 0 Å². The summed E-state index contributed by atoms with van der Waals surface area (Å²) in [5.41, 5.74) is 0. The average molecular weight is 203 g/mol. The molecular formula is C11H25NO2. The molecule has 0 saturated heterocycles. The van der Waals surface area contributed by atoms with Gasteiger partial charge in [0.05, 0.1) is 19.8 Å². The van der Waals surface area contributed by atoms with E-state index in [9.17, 15) is 0 Å². The third-order valence-corrected chi connectivity index (χ3v) is 2.22. The van der Waals surface area contributed by atoms with E-state index < -0.39 is 0 Å². The Kier molecular flexibility index (Phi) is 10.9. The number of hydrogen-bond acceptors (Lipinski definition) is 3. The molecule has 0 rings (SSSR count). The summed E-state index contributed by atoms with van der Waals surface area (Å²) in [6.45, 7) is 6.58. The predicted octanol–water partition coefficient (Wildman–Crippen LogP) is 1.55. The standard InChI is InChI=1S/C11H25NO2/c1-3-4-5-6-11(2)12-7-9-14-10-8-13/h11-13H,3-10H2,1-2H3/t11-/m0/s1. The van der Waals surface area contributed by atoms with E-state index in [1.807, 2.05) is 0 Å². The van der Waals surface area contributed by atoms with Crippen LogP contribution in [0.25, 0.3) is 0 Å². The van der Waals surface area contributed by atoms with Crippen LogP contribution in [-0.4, -0.2) is 37.5 Å². The zero-order valence-corrected chi connectivity index (χ0v) is 9.59. The Morgan fingerprint density at radius 1 is 1.29 bits per heavy atom. The van der Waals surface area contributed by atoms with Gasteiger partial charge in [-0.3, -0.25) is 0 Å². The molecule has 0 unspecified atom stereocenters. The minimum Gasteiger partial charge on any atom is -0.394 e. The van der Waals surface area contributed by atoms with Crippen molar-refractivity contribution in [1.29, 1.82) is 0 Å². The zero-order chi connectivity index (χ0) is 10.6. The molecule has 0 radical (unpaired) electrons. The Labute approximate surface area is 87.8 Å². The van der Waals surface area contributed by atoms with Gasteiger partial charge in [-0.2, -0.15) is 0 Å². The Hall–Kier alpha value is -0.120. The van der Waals surface area contributed by atoms with Crippen LogP contribution in [0.1, 0.15) is 39.5 Å². The number of rotatable bonds is 10. The molecule has 0 aliphatic rings. The maximum atomic E-state index is 8.47. The van der Waals surface area contributed by atoms with Crippen LogP contribution in [0.3, 0.4) is 0 Å². The van der Waals surface area contributed by atoms with E-state index in [4.69, 9.17) is 9.84 Å². The molecule has 0 amide bonds. The minimum atomic E-state index is 0.117.